The van der Waals surface area contributed by atoms with Crippen molar-refractivity contribution in [2.75, 3.05) is 39.6 Å². The zero-order chi connectivity index (χ0) is 14.8. The highest BCUT2D eigenvalue weighted by Crippen LogP contribution is 2.27. The predicted octanol–water partition coefficient (Wildman–Crippen LogP) is 1.16. The van der Waals surface area contributed by atoms with Gasteiger partial charge in [0.05, 0.1) is 33.0 Å². The molecule has 0 saturated carbocycles. The molecule has 3 aliphatic rings. The molecule has 1 aromatic carbocycles. The van der Waals surface area contributed by atoms with Gasteiger partial charge in [-0.3, -0.25) is 0 Å². The summed E-state index contributed by atoms with van der Waals surface area (Å²) in [5.41, 5.74) is 0.982. The summed E-state index contributed by atoms with van der Waals surface area (Å²) in [5.74, 6) is 1.63. The van der Waals surface area contributed by atoms with Crippen molar-refractivity contribution < 1.29 is 28.4 Å². The van der Waals surface area contributed by atoms with Crippen LogP contribution < -0.4 is 9.47 Å². The quantitative estimate of drug-likeness (QED) is 0.604. The van der Waals surface area contributed by atoms with Crippen LogP contribution >= 0.6 is 0 Å². The van der Waals surface area contributed by atoms with E-state index in [1.807, 2.05) is 18.2 Å². The lowest BCUT2D eigenvalue weighted by Gasteiger charge is -2.13. The largest absolute Gasteiger partial charge is 0.491 e. The Morgan fingerprint density at radius 3 is 2.18 bits per heavy atom. The van der Waals surface area contributed by atoms with Crippen molar-refractivity contribution >= 4 is 0 Å². The van der Waals surface area contributed by atoms with Gasteiger partial charge in [-0.05, 0) is 18.2 Å². The van der Waals surface area contributed by atoms with Gasteiger partial charge in [0.25, 0.3) is 0 Å². The van der Waals surface area contributed by atoms with E-state index in [4.69, 9.17) is 28.4 Å². The van der Waals surface area contributed by atoms with Gasteiger partial charge in [-0.1, -0.05) is 0 Å². The van der Waals surface area contributed by atoms with E-state index in [9.17, 15) is 0 Å². The Bertz CT molecular complexity index is 507. The molecule has 22 heavy (non-hydrogen) atoms. The number of ether oxygens (including phenoxy) is 6. The van der Waals surface area contributed by atoms with E-state index in [2.05, 4.69) is 0 Å². The monoisotopic (exact) mass is 308 g/mol. The van der Waals surface area contributed by atoms with E-state index in [0.717, 1.165) is 36.9 Å². The minimum Gasteiger partial charge on any atom is -0.491 e. The SMILES string of the molecule is c1cc(OCC2CO2)c(COCC2CO2)cc1OCC1CO1. The standard InChI is InChI=1S/C16H20O6/c1-2-16(22-10-15-9-21-15)11(4-17-5-13-6-19-13)3-12(1)18-7-14-8-20-14/h1-3,13-15H,4-10H2. The van der Waals surface area contributed by atoms with Gasteiger partial charge < -0.3 is 28.4 Å². The van der Waals surface area contributed by atoms with E-state index < -0.39 is 0 Å². The fourth-order valence-electron chi connectivity index (χ4n) is 2.06. The third kappa shape index (κ3) is 4.33. The van der Waals surface area contributed by atoms with Crippen molar-refractivity contribution in [3.63, 3.8) is 0 Å². The molecule has 3 fully saturated rings. The summed E-state index contributed by atoms with van der Waals surface area (Å²) in [7, 11) is 0. The molecule has 4 rings (SSSR count). The summed E-state index contributed by atoms with van der Waals surface area (Å²) < 4.78 is 32.7. The molecule has 0 radical (unpaired) electrons. The van der Waals surface area contributed by atoms with Gasteiger partial charge in [0, 0.05) is 5.56 Å². The average Bonchev–Trinajstić information content (AvgIpc) is 3.38. The predicted molar refractivity (Wildman–Crippen MR) is 76.3 cm³/mol. The Morgan fingerprint density at radius 2 is 1.50 bits per heavy atom. The van der Waals surface area contributed by atoms with E-state index in [-0.39, 0.29) is 18.3 Å². The van der Waals surface area contributed by atoms with E-state index in [1.54, 1.807) is 0 Å². The van der Waals surface area contributed by atoms with Crippen LogP contribution in [-0.4, -0.2) is 58.0 Å². The Hall–Kier alpha value is -1.34. The van der Waals surface area contributed by atoms with Crippen LogP contribution in [0.25, 0.3) is 0 Å². The Morgan fingerprint density at radius 1 is 0.864 bits per heavy atom. The third-order valence-electron chi connectivity index (χ3n) is 3.66. The van der Waals surface area contributed by atoms with Crippen molar-refractivity contribution in [2.45, 2.75) is 24.9 Å². The van der Waals surface area contributed by atoms with Gasteiger partial charge in [0.1, 0.15) is 43.0 Å². The topological polar surface area (TPSA) is 65.3 Å². The smallest absolute Gasteiger partial charge is 0.125 e. The van der Waals surface area contributed by atoms with Crippen LogP contribution in [0.3, 0.4) is 0 Å². The zero-order valence-electron chi connectivity index (χ0n) is 12.4. The first kappa shape index (κ1) is 14.3. The van der Waals surface area contributed by atoms with Crippen LogP contribution in [0.15, 0.2) is 18.2 Å². The molecule has 0 bridgehead atoms. The Labute approximate surface area is 129 Å². The average molecular weight is 308 g/mol. The second-order valence-corrected chi connectivity index (χ2v) is 5.77. The van der Waals surface area contributed by atoms with Crippen LogP contribution in [0.1, 0.15) is 5.56 Å². The van der Waals surface area contributed by atoms with Crippen LogP contribution in [0, 0.1) is 0 Å². The summed E-state index contributed by atoms with van der Waals surface area (Å²) in [5, 5.41) is 0. The van der Waals surface area contributed by atoms with Crippen LogP contribution in [-0.2, 0) is 25.6 Å². The highest BCUT2D eigenvalue weighted by atomic mass is 16.6. The van der Waals surface area contributed by atoms with Gasteiger partial charge in [0.15, 0.2) is 0 Å². The first-order valence-electron chi connectivity index (χ1n) is 7.68. The minimum absolute atomic E-state index is 0.233. The van der Waals surface area contributed by atoms with Crippen molar-refractivity contribution in [2.24, 2.45) is 0 Å². The Balaban J connectivity index is 1.37. The lowest BCUT2D eigenvalue weighted by molar-refractivity contribution is 0.101. The van der Waals surface area contributed by atoms with Crippen LogP contribution in [0.2, 0.25) is 0 Å². The molecule has 0 aliphatic carbocycles. The molecule has 3 aliphatic heterocycles. The first-order valence-corrected chi connectivity index (χ1v) is 7.68. The summed E-state index contributed by atoms with van der Waals surface area (Å²) in [4.78, 5) is 0. The number of hydrogen-bond acceptors (Lipinski definition) is 6. The summed E-state index contributed by atoms with van der Waals surface area (Å²) >= 11 is 0. The second kappa shape index (κ2) is 6.42. The molecule has 1 aromatic rings. The fraction of sp³-hybridized carbons (Fsp3) is 0.625. The lowest BCUT2D eigenvalue weighted by Crippen LogP contribution is -2.09. The van der Waals surface area contributed by atoms with Gasteiger partial charge in [-0.2, -0.15) is 0 Å². The number of rotatable bonds is 10. The highest BCUT2D eigenvalue weighted by Gasteiger charge is 2.25. The molecule has 3 heterocycles. The van der Waals surface area contributed by atoms with Crippen LogP contribution in [0.4, 0.5) is 0 Å². The minimum atomic E-state index is 0.233. The van der Waals surface area contributed by atoms with E-state index in [0.29, 0.717) is 26.4 Å². The maximum absolute atomic E-state index is 5.81. The molecule has 0 amide bonds. The maximum atomic E-state index is 5.81. The normalized spacial score (nSPS) is 28.3. The first-order chi connectivity index (χ1) is 10.9. The van der Waals surface area contributed by atoms with Crippen molar-refractivity contribution in [1.29, 1.82) is 0 Å². The molecule has 0 N–H and O–H groups in total. The zero-order valence-corrected chi connectivity index (χ0v) is 12.4. The lowest BCUT2D eigenvalue weighted by atomic mass is 10.2. The van der Waals surface area contributed by atoms with Gasteiger partial charge >= 0.3 is 0 Å². The fourth-order valence-corrected chi connectivity index (χ4v) is 2.06. The molecule has 6 heteroatoms. The van der Waals surface area contributed by atoms with Crippen molar-refractivity contribution in [3.05, 3.63) is 23.8 Å². The van der Waals surface area contributed by atoms with Crippen molar-refractivity contribution in [1.82, 2.24) is 0 Å². The molecule has 3 unspecified atom stereocenters. The molecule has 0 spiro atoms. The third-order valence-corrected chi connectivity index (χ3v) is 3.66. The summed E-state index contributed by atoms with van der Waals surface area (Å²) in [6.45, 7) is 4.64. The van der Waals surface area contributed by atoms with Gasteiger partial charge in [-0.15, -0.1) is 0 Å². The molecule has 3 atom stereocenters. The Kier molecular flexibility index (Phi) is 4.16. The number of benzene rings is 1. The van der Waals surface area contributed by atoms with E-state index in [1.165, 1.54) is 0 Å². The van der Waals surface area contributed by atoms with Gasteiger partial charge in [0.2, 0.25) is 0 Å². The molecular formula is C16H20O6. The molecule has 3 saturated heterocycles. The molecule has 120 valence electrons. The summed E-state index contributed by atoms with van der Waals surface area (Å²) in [6.07, 6.45) is 0.738. The number of epoxide rings is 3. The molecule has 6 nitrogen and oxygen atoms in total. The molecular weight excluding hydrogens is 288 g/mol. The van der Waals surface area contributed by atoms with Crippen molar-refractivity contribution in [3.8, 4) is 11.5 Å². The number of hydrogen-bond donors (Lipinski definition) is 0. The molecule has 0 aromatic heterocycles. The van der Waals surface area contributed by atoms with Crippen LogP contribution in [0.5, 0.6) is 11.5 Å². The summed E-state index contributed by atoms with van der Waals surface area (Å²) in [6, 6.07) is 5.82. The highest BCUT2D eigenvalue weighted by molar-refractivity contribution is 5.40. The maximum Gasteiger partial charge on any atom is 0.125 e. The van der Waals surface area contributed by atoms with E-state index >= 15 is 0 Å². The van der Waals surface area contributed by atoms with Gasteiger partial charge in [-0.25, -0.2) is 0 Å². The second-order valence-electron chi connectivity index (χ2n) is 5.77.